The van der Waals surface area contributed by atoms with E-state index in [-0.39, 0.29) is 0 Å². The van der Waals surface area contributed by atoms with Crippen molar-refractivity contribution in [1.82, 2.24) is 14.9 Å². The summed E-state index contributed by atoms with van der Waals surface area (Å²) in [6.07, 6.45) is 9.59. The SMILES string of the molecule is CCNCc1cncn1CCC1CCC1. The van der Waals surface area contributed by atoms with Crippen LogP contribution in [-0.2, 0) is 13.1 Å². The zero-order chi connectivity index (χ0) is 10.5. The van der Waals surface area contributed by atoms with Crippen LogP contribution in [0, 0.1) is 5.92 Å². The van der Waals surface area contributed by atoms with Crippen molar-refractivity contribution in [3.63, 3.8) is 0 Å². The Balaban J connectivity index is 1.80. The molecule has 1 aromatic heterocycles. The van der Waals surface area contributed by atoms with Crippen LogP contribution in [-0.4, -0.2) is 16.1 Å². The van der Waals surface area contributed by atoms with E-state index in [9.17, 15) is 0 Å². The molecule has 0 atom stereocenters. The minimum atomic E-state index is 0.946. The Morgan fingerprint density at radius 3 is 3.07 bits per heavy atom. The van der Waals surface area contributed by atoms with Gasteiger partial charge in [-0.3, -0.25) is 0 Å². The molecule has 1 aliphatic rings. The van der Waals surface area contributed by atoms with Crippen molar-refractivity contribution in [2.24, 2.45) is 5.92 Å². The van der Waals surface area contributed by atoms with E-state index in [2.05, 4.69) is 21.8 Å². The van der Waals surface area contributed by atoms with Crippen molar-refractivity contribution in [1.29, 1.82) is 0 Å². The van der Waals surface area contributed by atoms with Crippen molar-refractivity contribution in [3.05, 3.63) is 18.2 Å². The Morgan fingerprint density at radius 1 is 1.53 bits per heavy atom. The van der Waals surface area contributed by atoms with Gasteiger partial charge in [-0.1, -0.05) is 26.2 Å². The van der Waals surface area contributed by atoms with Crippen molar-refractivity contribution < 1.29 is 0 Å². The summed E-state index contributed by atoms with van der Waals surface area (Å²) >= 11 is 0. The molecule has 0 radical (unpaired) electrons. The first-order valence-electron chi connectivity index (χ1n) is 6.10. The van der Waals surface area contributed by atoms with Crippen molar-refractivity contribution in [3.8, 4) is 0 Å². The van der Waals surface area contributed by atoms with Crippen molar-refractivity contribution in [2.75, 3.05) is 6.54 Å². The lowest BCUT2D eigenvalue weighted by Crippen LogP contribution is -2.17. The van der Waals surface area contributed by atoms with Crippen LogP contribution in [0.15, 0.2) is 12.5 Å². The minimum Gasteiger partial charge on any atom is -0.333 e. The molecule has 0 bridgehead atoms. The molecule has 1 saturated carbocycles. The second-order valence-electron chi connectivity index (χ2n) is 4.44. The molecule has 0 unspecified atom stereocenters. The summed E-state index contributed by atoms with van der Waals surface area (Å²) in [5, 5.41) is 3.35. The van der Waals surface area contributed by atoms with Crippen molar-refractivity contribution in [2.45, 2.75) is 45.7 Å². The maximum absolute atomic E-state index is 4.22. The topological polar surface area (TPSA) is 29.9 Å². The van der Waals surface area contributed by atoms with Gasteiger partial charge in [0.25, 0.3) is 0 Å². The molecule has 1 heterocycles. The average Bonchev–Trinajstić information content (AvgIpc) is 2.60. The summed E-state index contributed by atoms with van der Waals surface area (Å²) in [7, 11) is 0. The summed E-state index contributed by atoms with van der Waals surface area (Å²) in [5.41, 5.74) is 1.32. The van der Waals surface area contributed by atoms with E-state index in [0.29, 0.717) is 0 Å². The lowest BCUT2D eigenvalue weighted by molar-refractivity contribution is 0.281. The second-order valence-corrected chi connectivity index (χ2v) is 4.44. The van der Waals surface area contributed by atoms with Gasteiger partial charge in [0, 0.05) is 19.3 Å². The fraction of sp³-hybridized carbons (Fsp3) is 0.750. The molecule has 0 aliphatic heterocycles. The van der Waals surface area contributed by atoms with Gasteiger partial charge in [0.15, 0.2) is 0 Å². The fourth-order valence-electron chi connectivity index (χ4n) is 2.05. The van der Waals surface area contributed by atoms with Crippen LogP contribution >= 0.6 is 0 Å². The van der Waals surface area contributed by atoms with Crippen molar-refractivity contribution >= 4 is 0 Å². The van der Waals surface area contributed by atoms with Crippen LogP contribution in [0.1, 0.15) is 38.3 Å². The molecule has 0 spiro atoms. The van der Waals surface area contributed by atoms with Gasteiger partial charge in [-0.15, -0.1) is 0 Å². The summed E-state index contributed by atoms with van der Waals surface area (Å²) < 4.78 is 2.29. The molecule has 1 aromatic rings. The highest BCUT2D eigenvalue weighted by Crippen LogP contribution is 2.29. The monoisotopic (exact) mass is 207 g/mol. The van der Waals surface area contributed by atoms with Gasteiger partial charge in [0.2, 0.25) is 0 Å². The highest BCUT2D eigenvalue weighted by Gasteiger charge is 2.17. The quantitative estimate of drug-likeness (QED) is 0.775. The van der Waals surface area contributed by atoms with Gasteiger partial charge in [0.05, 0.1) is 12.0 Å². The predicted octanol–water partition coefficient (Wildman–Crippen LogP) is 2.18. The molecule has 84 valence electrons. The molecule has 1 aliphatic carbocycles. The lowest BCUT2D eigenvalue weighted by Gasteiger charge is -2.25. The number of aromatic nitrogens is 2. The van der Waals surface area contributed by atoms with Gasteiger partial charge >= 0.3 is 0 Å². The zero-order valence-electron chi connectivity index (χ0n) is 9.58. The third-order valence-corrected chi connectivity index (χ3v) is 3.36. The second kappa shape index (κ2) is 5.31. The molecule has 3 heteroatoms. The average molecular weight is 207 g/mol. The van der Waals surface area contributed by atoms with E-state index in [1.807, 2.05) is 12.5 Å². The molecule has 0 saturated heterocycles. The van der Waals surface area contributed by atoms with Crippen LogP contribution in [0.3, 0.4) is 0 Å². The highest BCUT2D eigenvalue weighted by molar-refractivity contribution is 4.97. The minimum absolute atomic E-state index is 0.946. The van der Waals surface area contributed by atoms with Crippen LogP contribution in [0.2, 0.25) is 0 Å². The normalized spacial score (nSPS) is 16.6. The number of hydrogen-bond donors (Lipinski definition) is 1. The Kier molecular flexibility index (Phi) is 3.78. The van der Waals surface area contributed by atoms with Gasteiger partial charge in [-0.2, -0.15) is 0 Å². The van der Waals surface area contributed by atoms with Gasteiger partial charge in [-0.25, -0.2) is 4.98 Å². The smallest absolute Gasteiger partial charge is 0.0948 e. The summed E-state index contributed by atoms with van der Waals surface area (Å²) in [6.45, 7) is 5.25. The van der Waals surface area contributed by atoms with E-state index >= 15 is 0 Å². The van der Waals surface area contributed by atoms with E-state index in [1.54, 1.807) is 0 Å². The number of aryl methyl sites for hydroxylation is 1. The third-order valence-electron chi connectivity index (χ3n) is 3.36. The van der Waals surface area contributed by atoms with Crippen LogP contribution < -0.4 is 5.32 Å². The Morgan fingerprint density at radius 2 is 2.40 bits per heavy atom. The molecular formula is C12H21N3. The predicted molar refractivity (Wildman–Crippen MR) is 61.6 cm³/mol. The number of rotatable bonds is 6. The first-order chi connectivity index (χ1) is 7.40. The van der Waals surface area contributed by atoms with Crippen LogP contribution in [0.5, 0.6) is 0 Å². The van der Waals surface area contributed by atoms with Crippen LogP contribution in [0.25, 0.3) is 0 Å². The third kappa shape index (κ3) is 2.81. The highest BCUT2D eigenvalue weighted by atomic mass is 15.1. The first kappa shape index (κ1) is 10.7. The Hall–Kier alpha value is -0.830. The molecule has 3 nitrogen and oxygen atoms in total. The number of nitrogens with one attached hydrogen (secondary N) is 1. The maximum Gasteiger partial charge on any atom is 0.0948 e. The van der Waals surface area contributed by atoms with Gasteiger partial charge < -0.3 is 9.88 Å². The largest absolute Gasteiger partial charge is 0.333 e. The molecular weight excluding hydrogens is 186 g/mol. The van der Waals surface area contributed by atoms with E-state index in [1.165, 1.54) is 31.4 Å². The Labute approximate surface area is 91.9 Å². The van der Waals surface area contributed by atoms with E-state index in [4.69, 9.17) is 0 Å². The van der Waals surface area contributed by atoms with Gasteiger partial charge in [0.1, 0.15) is 0 Å². The molecule has 0 aromatic carbocycles. The molecule has 0 amide bonds. The number of hydrogen-bond acceptors (Lipinski definition) is 2. The summed E-state index contributed by atoms with van der Waals surface area (Å²) in [4.78, 5) is 4.22. The van der Waals surface area contributed by atoms with E-state index < -0.39 is 0 Å². The number of imidazole rings is 1. The zero-order valence-corrected chi connectivity index (χ0v) is 9.58. The van der Waals surface area contributed by atoms with Crippen LogP contribution in [0.4, 0.5) is 0 Å². The molecule has 1 fully saturated rings. The summed E-state index contributed by atoms with van der Waals surface area (Å²) in [6, 6.07) is 0. The van der Waals surface area contributed by atoms with Gasteiger partial charge in [-0.05, 0) is 18.9 Å². The first-order valence-corrected chi connectivity index (χ1v) is 6.10. The number of nitrogens with zero attached hydrogens (tertiary/aromatic N) is 2. The maximum atomic E-state index is 4.22. The fourth-order valence-corrected chi connectivity index (χ4v) is 2.05. The van der Waals surface area contributed by atoms with E-state index in [0.717, 1.165) is 25.6 Å². The standard InChI is InChI=1S/C12H21N3/c1-2-13-8-12-9-14-10-15(12)7-6-11-4-3-5-11/h9-11,13H,2-8H2,1H3. The lowest BCUT2D eigenvalue weighted by atomic mass is 9.83. The molecule has 1 N–H and O–H groups in total. The Bertz CT molecular complexity index is 289. The summed E-state index contributed by atoms with van der Waals surface area (Å²) in [5.74, 6) is 0.986. The molecule has 15 heavy (non-hydrogen) atoms. The molecule has 2 rings (SSSR count).